The fourth-order valence-corrected chi connectivity index (χ4v) is 1.91. The van der Waals surface area contributed by atoms with E-state index in [4.69, 9.17) is 4.42 Å². The normalized spacial score (nSPS) is 10.7. The Balaban J connectivity index is 1.73. The van der Waals surface area contributed by atoms with E-state index in [-0.39, 0.29) is 17.6 Å². The molecule has 0 amide bonds. The number of aromatic nitrogens is 3. The van der Waals surface area contributed by atoms with Gasteiger partial charge in [-0.2, -0.15) is 20.1 Å². The Labute approximate surface area is 147 Å². The zero-order valence-corrected chi connectivity index (χ0v) is 13.6. The molecule has 26 heavy (non-hydrogen) atoms. The van der Waals surface area contributed by atoms with Crippen LogP contribution in [0.3, 0.4) is 0 Å². The molecule has 0 saturated carbocycles. The topological polar surface area (TPSA) is 143 Å². The highest BCUT2D eigenvalue weighted by Gasteiger charge is 2.10. The Kier molecular flexibility index (Phi) is 4.98. The first-order valence-electron chi connectivity index (χ1n) is 7.43. The smallest absolute Gasteiger partial charge is 0.400 e. The van der Waals surface area contributed by atoms with Gasteiger partial charge < -0.3 is 15.1 Å². The average Bonchev–Trinajstić information content (AvgIpc) is 3.12. The molecule has 3 rings (SSSR count). The number of nitro groups is 1. The molecule has 0 atom stereocenters. The van der Waals surface area contributed by atoms with E-state index >= 15 is 0 Å². The fraction of sp³-hybridized carbons (Fsp3) is 0.0667. The van der Waals surface area contributed by atoms with Gasteiger partial charge in [0.1, 0.15) is 4.92 Å². The second-order valence-corrected chi connectivity index (χ2v) is 4.85. The van der Waals surface area contributed by atoms with Crippen LogP contribution in [0, 0.1) is 10.1 Å². The Morgan fingerprint density at radius 2 is 1.81 bits per heavy atom. The second-order valence-electron chi connectivity index (χ2n) is 4.85. The van der Waals surface area contributed by atoms with Crippen molar-refractivity contribution < 1.29 is 9.34 Å². The molecule has 2 heterocycles. The lowest BCUT2D eigenvalue weighted by Gasteiger charge is -2.07. The zero-order chi connectivity index (χ0) is 18.4. The lowest BCUT2D eigenvalue weighted by molar-refractivity contribution is -0.402. The summed E-state index contributed by atoms with van der Waals surface area (Å²) in [6.07, 6.45) is 1.28. The van der Waals surface area contributed by atoms with E-state index in [0.717, 1.165) is 5.69 Å². The van der Waals surface area contributed by atoms with Crippen LogP contribution in [0.4, 0.5) is 29.4 Å². The highest BCUT2D eigenvalue weighted by atomic mass is 16.6. The molecule has 0 spiro atoms. The number of hydrogen-bond acceptors (Lipinski definition) is 10. The second kappa shape index (κ2) is 7.70. The molecule has 2 aromatic heterocycles. The van der Waals surface area contributed by atoms with E-state index in [1.54, 1.807) is 7.05 Å². The van der Waals surface area contributed by atoms with E-state index in [2.05, 4.69) is 36.1 Å². The Bertz CT molecular complexity index is 926. The minimum absolute atomic E-state index is 0.181. The Hall–Kier alpha value is -4.02. The van der Waals surface area contributed by atoms with Crippen molar-refractivity contribution in [3.8, 4) is 0 Å². The number of para-hydroxylation sites is 1. The summed E-state index contributed by atoms with van der Waals surface area (Å²) in [5.74, 6) is 0.694. The van der Waals surface area contributed by atoms with Crippen molar-refractivity contribution in [2.75, 3.05) is 23.1 Å². The van der Waals surface area contributed by atoms with E-state index in [9.17, 15) is 10.1 Å². The molecule has 0 aliphatic heterocycles. The van der Waals surface area contributed by atoms with Gasteiger partial charge in [0.25, 0.3) is 0 Å². The van der Waals surface area contributed by atoms with Crippen LogP contribution >= 0.6 is 0 Å². The van der Waals surface area contributed by atoms with Gasteiger partial charge in [-0.05, 0) is 18.2 Å². The van der Waals surface area contributed by atoms with Crippen molar-refractivity contribution in [2.45, 2.75) is 0 Å². The summed E-state index contributed by atoms with van der Waals surface area (Å²) >= 11 is 0. The quantitative estimate of drug-likeness (QED) is 0.331. The molecule has 3 N–H and O–H groups in total. The molecule has 0 aliphatic rings. The van der Waals surface area contributed by atoms with Crippen molar-refractivity contribution in [1.82, 2.24) is 15.0 Å². The number of nitrogens with one attached hydrogen (secondary N) is 3. The van der Waals surface area contributed by atoms with Crippen LogP contribution < -0.4 is 16.1 Å². The Morgan fingerprint density at radius 3 is 2.50 bits per heavy atom. The van der Waals surface area contributed by atoms with Crippen molar-refractivity contribution >= 4 is 35.6 Å². The third-order valence-corrected chi connectivity index (χ3v) is 3.04. The summed E-state index contributed by atoms with van der Waals surface area (Å²) < 4.78 is 4.96. The van der Waals surface area contributed by atoms with Crippen molar-refractivity contribution in [2.24, 2.45) is 5.10 Å². The monoisotopic (exact) mass is 354 g/mol. The highest BCUT2D eigenvalue weighted by molar-refractivity contribution is 5.76. The third kappa shape index (κ3) is 4.29. The molecule has 0 saturated heterocycles. The van der Waals surface area contributed by atoms with E-state index in [1.165, 1.54) is 18.3 Å². The van der Waals surface area contributed by atoms with E-state index < -0.39 is 4.92 Å². The number of rotatable bonds is 7. The van der Waals surface area contributed by atoms with Crippen LogP contribution in [0.15, 0.2) is 52.0 Å². The van der Waals surface area contributed by atoms with E-state index in [1.807, 2.05) is 30.3 Å². The van der Waals surface area contributed by atoms with Crippen LogP contribution in [-0.2, 0) is 0 Å². The molecule has 11 heteroatoms. The summed E-state index contributed by atoms with van der Waals surface area (Å²) in [5.41, 5.74) is 3.45. The number of anilines is 4. The predicted molar refractivity (Wildman–Crippen MR) is 95.7 cm³/mol. The molecule has 0 unspecified atom stereocenters. The van der Waals surface area contributed by atoms with Crippen LogP contribution in [0.5, 0.6) is 0 Å². The molecule has 0 fully saturated rings. The van der Waals surface area contributed by atoms with Gasteiger partial charge in [-0.1, -0.05) is 18.2 Å². The minimum Gasteiger partial charge on any atom is -0.400 e. The van der Waals surface area contributed by atoms with Crippen LogP contribution in [0.25, 0.3) is 0 Å². The number of hydrogen-bond donors (Lipinski definition) is 3. The number of nitrogens with zero attached hydrogens (tertiary/aromatic N) is 5. The minimum atomic E-state index is -0.628. The van der Waals surface area contributed by atoms with Gasteiger partial charge in [-0.3, -0.25) is 10.1 Å². The number of benzene rings is 1. The largest absolute Gasteiger partial charge is 0.433 e. The van der Waals surface area contributed by atoms with Crippen LogP contribution in [0.2, 0.25) is 0 Å². The van der Waals surface area contributed by atoms with Gasteiger partial charge in [0.05, 0.1) is 12.3 Å². The lowest BCUT2D eigenvalue weighted by atomic mass is 10.3. The molecule has 0 bridgehead atoms. The van der Waals surface area contributed by atoms with Crippen molar-refractivity contribution in [1.29, 1.82) is 0 Å². The molecule has 132 valence electrons. The molecular formula is C15H14N8O3. The first-order valence-corrected chi connectivity index (χ1v) is 7.43. The maximum Gasteiger partial charge on any atom is 0.433 e. The molecule has 3 aromatic rings. The Morgan fingerprint density at radius 1 is 1.08 bits per heavy atom. The third-order valence-electron chi connectivity index (χ3n) is 3.04. The number of furan rings is 1. The molecule has 0 radical (unpaired) electrons. The predicted octanol–water partition coefficient (Wildman–Crippen LogP) is 2.60. The maximum absolute atomic E-state index is 10.6. The fourth-order valence-electron chi connectivity index (χ4n) is 1.91. The zero-order valence-electron chi connectivity index (χ0n) is 13.6. The molecular weight excluding hydrogens is 340 g/mol. The van der Waals surface area contributed by atoms with Crippen LogP contribution in [-0.4, -0.2) is 33.1 Å². The highest BCUT2D eigenvalue weighted by Crippen LogP contribution is 2.16. The van der Waals surface area contributed by atoms with Gasteiger partial charge in [0, 0.05) is 12.7 Å². The maximum atomic E-state index is 10.6. The molecule has 11 nitrogen and oxygen atoms in total. The summed E-state index contributed by atoms with van der Waals surface area (Å²) in [6.45, 7) is 0. The van der Waals surface area contributed by atoms with Gasteiger partial charge in [-0.15, -0.1) is 0 Å². The average molecular weight is 354 g/mol. The first-order chi connectivity index (χ1) is 12.6. The van der Waals surface area contributed by atoms with Gasteiger partial charge >= 0.3 is 5.88 Å². The summed E-state index contributed by atoms with van der Waals surface area (Å²) in [7, 11) is 1.68. The van der Waals surface area contributed by atoms with Crippen molar-refractivity contribution in [3.63, 3.8) is 0 Å². The summed E-state index contributed by atoms with van der Waals surface area (Å²) in [5, 5.41) is 20.4. The lowest BCUT2D eigenvalue weighted by Crippen LogP contribution is -2.07. The van der Waals surface area contributed by atoms with Gasteiger partial charge in [-0.25, -0.2) is 5.43 Å². The van der Waals surface area contributed by atoms with Gasteiger partial charge in [0.15, 0.2) is 5.76 Å². The van der Waals surface area contributed by atoms with E-state index in [0.29, 0.717) is 11.9 Å². The standard InChI is InChI=1S/C15H14N8O3/c1-16-13-19-14(18-10-5-3-2-4-6-10)21-15(20-13)22-17-9-11-7-8-12(26-11)23(24)25/h2-9H,1H3,(H3,16,18,19,20,21,22)/b17-9+. The summed E-state index contributed by atoms with van der Waals surface area (Å²) in [6, 6.07) is 12.1. The first kappa shape index (κ1) is 16.8. The molecule has 1 aromatic carbocycles. The van der Waals surface area contributed by atoms with Gasteiger partial charge in [0.2, 0.25) is 17.8 Å². The molecule has 0 aliphatic carbocycles. The van der Waals surface area contributed by atoms with Crippen LogP contribution in [0.1, 0.15) is 5.76 Å². The SMILES string of the molecule is CNc1nc(N/N=C/c2ccc([N+](=O)[O-])o2)nc(Nc2ccccc2)n1. The number of hydrazone groups is 1. The van der Waals surface area contributed by atoms with Crippen molar-refractivity contribution in [3.05, 3.63) is 58.3 Å². The summed E-state index contributed by atoms with van der Waals surface area (Å²) in [4.78, 5) is 22.5.